The molecule has 0 fully saturated rings. The van der Waals surface area contributed by atoms with Crippen molar-refractivity contribution in [2.45, 2.75) is 5.72 Å². The van der Waals surface area contributed by atoms with Gasteiger partial charge < -0.3 is 9.64 Å². The lowest BCUT2D eigenvalue weighted by Gasteiger charge is -2.44. The van der Waals surface area contributed by atoms with Crippen molar-refractivity contribution in [3.63, 3.8) is 0 Å². The highest BCUT2D eigenvalue weighted by Crippen LogP contribution is 2.42. The van der Waals surface area contributed by atoms with E-state index >= 15 is 0 Å². The molecule has 2 aromatic rings. The molecule has 0 radical (unpaired) electrons. The van der Waals surface area contributed by atoms with Crippen molar-refractivity contribution in [3.8, 4) is 5.75 Å². The summed E-state index contributed by atoms with van der Waals surface area (Å²) in [5, 5.41) is 0. The van der Waals surface area contributed by atoms with Crippen LogP contribution in [0.4, 0.5) is 0 Å². The fourth-order valence-electron chi connectivity index (χ4n) is 2.91. The summed E-state index contributed by atoms with van der Waals surface area (Å²) in [7, 11) is 2.05. The third kappa shape index (κ3) is 1.45. The summed E-state index contributed by atoms with van der Waals surface area (Å²) in [4.78, 5) is 2.11. The molecular weight excluding hydrogens is 246 g/mol. The molecule has 1 atom stereocenters. The standard InChI is InChI=1S/C18H15NO/c1-19-13-11-14-6-2-4-8-16(14)18(19)12-10-15-7-3-5-9-17(15)20-18/h2-13H,1H3. The van der Waals surface area contributed by atoms with Crippen molar-refractivity contribution >= 4 is 12.2 Å². The van der Waals surface area contributed by atoms with E-state index in [-0.39, 0.29) is 0 Å². The van der Waals surface area contributed by atoms with Gasteiger partial charge in [0.05, 0.1) is 0 Å². The fourth-order valence-corrected chi connectivity index (χ4v) is 2.91. The Morgan fingerprint density at radius 2 is 1.65 bits per heavy atom. The van der Waals surface area contributed by atoms with E-state index in [1.165, 1.54) is 11.1 Å². The molecule has 4 rings (SSSR count). The maximum absolute atomic E-state index is 6.39. The number of fused-ring (bicyclic) bond motifs is 3. The number of benzene rings is 2. The molecule has 0 saturated carbocycles. The summed E-state index contributed by atoms with van der Waals surface area (Å²) >= 11 is 0. The van der Waals surface area contributed by atoms with Gasteiger partial charge in [0.15, 0.2) is 0 Å². The fraction of sp³-hybridized carbons (Fsp3) is 0.111. The van der Waals surface area contributed by atoms with Crippen LogP contribution >= 0.6 is 0 Å². The Morgan fingerprint density at radius 3 is 2.55 bits per heavy atom. The lowest BCUT2D eigenvalue weighted by Crippen LogP contribution is -2.47. The first-order valence-electron chi connectivity index (χ1n) is 6.77. The number of nitrogens with zero attached hydrogens (tertiary/aromatic N) is 1. The molecule has 0 aromatic heterocycles. The van der Waals surface area contributed by atoms with E-state index < -0.39 is 5.72 Å². The largest absolute Gasteiger partial charge is 0.459 e. The summed E-state index contributed by atoms with van der Waals surface area (Å²) in [6, 6.07) is 16.5. The SMILES string of the molecule is CN1C=Cc2ccccc2C12C=Cc1ccccc1O2. The minimum atomic E-state index is -0.542. The van der Waals surface area contributed by atoms with Crippen LogP contribution in [0.3, 0.4) is 0 Å². The van der Waals surface area contributed by atoms with Crippen LogP contribution < -0.4 is 4.74 Å². The molecule has 2 nitrogen and oxygen atoms in total. The minimum absolute atomic E-state index is 0.542. The highest BCUT2D eigenvalue weighted by Gasteiger charge is 2.40. The topological polar surface area (TPSA) is 12.5 Å². The van der Waals surface area contributed by atoms with Crippen LogP contribution in [0.2, 0.25) is 0 Å². The lowest BCUT2D eigenvalue weighted by molar-refractivity contribution is -0.00768. The van der Waals surface area contributed by atoms with E-state index in [4.69, 9.17) is 4.74 Å². The molecule has 0 bridgehead atoms. The summed E-state index contributed by atoms with van der Waals surface area (Å²) in [6.45, 7) is 0. The second-order valence-electron chi connectivity index (χ2n) is 5.18. The Kier molecular flexibility index (Phi) is 2.27. The molecule has 2 aromatic carbocycles. The maximum atomic E-state index is 6.39. The zero-order valence-electron chi connectivity index (χ0n) is 11.3. The van der Waals surface area contributed by atoms with Gasteiger partial charge in [-0.15, -0.1) is 0 Å². The zero-order valence-corrected chi connectivity index (χ0v) is 11.3. The van der Waals surface area contributed by atoms with Gasteiger partial charge in [-0.25, -0.2) is 0 Å². The van der Waals surface area contributed by atoms with Crippen molar-refractivity contribution < 1.29 is 4.74 Å². The van der Waals surface area contributed by atoms with Crippen LogP contribution in [0.1, 0.15) is 16.7 Å². The second-order valence-corrected chi connectivity index (χ2v) is 5.18. The summed E-state index contributed by atoms with van der Waals surface area (Å²) in [5.74, 6) is 0.923. The lowest BCUT2D eigenvalue weighted by atomic mass is 9.90. The monoisotopic (exact) mass is 261 g/mol. The first kappa shape index (κ1) is 11.4. The average molecular weight is 261 g/mol. The normalized spacial score (nSPS) is 22.4. The van der Waals surface area contributed by atoms with Gasteiger partial charge >= 0.3 is 0 Å². The van der Waals surface area contributed by atoms with Crippen molar-refractivity contribution in [2.24, 2.45) is 0 Å². The van der Waals surface area contributed by atoms with Crippen LogP contribution in [-0.4, -0.2) is 11.9 Å². The predicted molar refractivity (Wildman–Crippen MR) is 81.0 cm³/mol. The van der Waals surface area contributed by atoms with Gasteiger partial charge in [0.1, 0.15) is 5.75 Å². The minimum Gasteiger partial charge on any atom is -0.459 e. The van der Waals surface area contributed by atoms with Crippen molar-refractivity contribution in [1.82, 2.24) is 4.90 Å². The molecule has 0 amide bonds. The molecular formula is C18H15NO. The first-order valence-corrected chi connectivity index (χ1v) is 6.77. The van der Waals surface area contributed by atoms with E-state index in [0.29, 0.717) is 0 Å². The molecule has 2 heteroatoms. The zero-order chi connectivity index (χ0) is 13.6. The van der Waals surface area contributed by atoms with Crippen LogP contribution in [0.25, 0.3) is 12.2 Å². The third-order valence-electron chi connectivity index (χ3n) is 4.02. The van der Waals surface area contributed by atoms with Crippen molar-refractivity contribution in [3.05, 3.63) is 77.5 Å². The predicted octanol–water partition coefficient (Wildman–Crippen LogP) is 3.86. The number of likely N-dealkylation sites (N-methyl/N-ethyl adjacent to an activating group) is 1. The van der Waals surface area contributed by atoms with E-state index in [1.54, 1.807) is 0 Å². The number of hydrogen-bond acceptors (Lipinski definition) is 2. The Hall–Kier alpha value is -2.48. The highest BCUT2D eigenvalue weighted by atomic mass is 16.5. The molecule has 2 aliphatic rings. The Balaban J connectivity index is 1.92. The molecule has 0 aliphatic carbocycles. The molecule has 1 unspecified atom stereocenters. The van der Waals surface area contributed by atoms with Gasteiger partial charge in [-0.3, -0.25) is 0 Å². The van der Waals surface area contributed by atoms with E-state index in [1.807, 2.05) is 25.2 Å². The van der Waals surface area contributed by atoms with E-state index in [2.05, 4.69) is 59.7 Å². The van der Waals surface area contributed by atoms with Gasteiger partial charge in [0.2, 0.25) is 5.72 Å². The van der Waals surface area contributed by atoms with E-state index in [0.717, 1.165) is 11.3 Å². The molecule has 1 spiro atoms. The summed E-state index contributed by atoms with van der Waals surface area (Å²) < 4.78 is 6.39. The van der Waals surface area contributed by atoms with Crippen molar-refractivity contribution in [2.75, 3.05) is 7.05 Å². The summed E-state index contributed by atoms with van der Waals surface area (Å²) in [5.41, 5.74) is 2.96. The molecule has 20 heavy (non-hydrogen) atoms. The van der Waals surface area contributed by atoms with Crippen LogP contribution in [0.15, 0.2) is 60.8 Å². The van der Waals surface area contributed by atoms with E-state index in [9.17, 15) is 0 Å². The Bertz CT molecular complexity index is 732. The van der Waals surface area contributed by atoms with Gasteiger partial charge in [-0.05, 0) is 29.9 Å². The number of para-hydroxylation sites is 1. The van der Waals surface area contributed by atoms with Gasteiger partial charge in [0.25, 0.3) is 0 Å². The number of rotatable bonds is 0. The van der Waals surface area contributed by atoms with Crippen LogP contribution in [0.5, 0.6) is 5.75 Å². The van der Waals surface area contributed by atoms with Crippen molar-refractivity contribution in [1.29, 1.82) is 0 Å². The van der Waals surface area contributed by atoms with Crippen LogP contribution in [-0.2, 0) is 5.72 Å². The maximum Gasteiger partial charge on any atom is 0.229 e. The van der Waals surface area contributed by atoms with Gasteiger partial charge in [-0.1, -0.05) is 42.5 Å². The molecule has 98 valence electrons. The summed E-state index contributed by atoms with van der Waals surface area (Å²) in [6.07, 6.45) is 8.47. The Labute approximate surface area is 118 Å². The molecule has 2 heterocycles. The van der Waals surface area contributed by atoms with Gasteiger partial charge in [0, 0.05) is 24.4 Å². The average Bonchev–Trinajstić information content (AvgIpc) is 2.51. The smallest absolute Gasteiger partial charge is 0.229 e. The Morgan fingerprint density at radius 1 is 0.900 bits per heavy atom. The second kappa shape index (κ2) is 4.01. The quantitative estimate of drug-likeness (QED) is 0.714. The first-order chi connectivity index (χ1) is 9.79. The molecule has 0 saturated heterocycles. The van der Waals surface area contributed by atoms with Gasteiger partial charge in [-0.2, -0.15) is 0 Å². The third-order valence-corrected chi connectivity index (χ3v) is 4.02. The number of ether oxygens (including phenoxy) is 1. The molecule has 0 N–H and O–H groups in total. The molecule has 2 aliphatic heterocycles. The number of hydrogen-bond donors (Lipinski definition) is 0. The highest BCUT2D eigenvalue weighted by molar-refractivity contribution is 5.66. The van der Waals surface area contributed by atoms with Crippen LogP contribution in [0, 0.1) is 0 Å².